The van der Waals surface area contributed by atoms with Gasteiger partial charge in [-0.05, 0) is 22.6 Å². The first-order valence-corrected chi connectivity index (χ1v) is 8.27. The van der Waals surface area contributed by atoms with Gasteiger partial charge in [-0.3, -0.25) is 9.59 Å². The van der Waals surface area contributed by atoms with Crippen LogP contribution >= 0.6 is 0 Å². The van der Waals surface area contributed by atoms with Gasteiger partial charge in [0.1, 0.15) is 6.42 Å². The van der Waals surface area contributed by atoms with Gasteiger partial charge < -0.3 is 5.32 Å². The minimum atomic E-state index is -0.444. The van der Waals surface area contributed by atoms with E-state index in [4.69, 9.17) is 0 Å². The number of hydrogen-bond donors (Lipinski definition) is 2. The Morgan fingerprint density at radius 1 is 1.00 bits per heavy atom. The molecule has 0 aromatic heterocycles. The highest BCUT2D eigenvalue weighted by atomic mass is 16.2. The predicted octanol–water partition coefficient (Wildman–Crippen LogP) is 2.97. The van der Waals surface area contributed by atoms with Crippen LogP contribution in [-0.4, -0.2) is 18.0 Å². The lowest BCUT2D eigenvalue weighted by Crippen LogP contribution is -2.29. The number of nitrogens with zero attached hydrogens (tertiary/aromatic N) is 1. The molecule has 2 N–H and O–H groups in total. The Kier molecular flexibility index (Phi) is 6.89. The lowest BCUT2D eigenvalue weighted by molar-refractivity contribution is -0.129. The van der Waals surface area contributed by atoms with Gasteiger partial charge in [0.2, 0.25) is 11.8 Å². The molecule has 2 aromatic carbocycles. The van der Waals surface area contributed by atoms with Gasteiger partial charge in [0.05, 0.1) is 6.21 Å². The maximum Gasteiger partial charge on any atom is 0.249 e. The van der Waals surface area contributed by atoms with Crippen molar-refractivity contribution < 1.29 is 9.59 Å². The smallest absolute Gasteiger partial charge is 0.249 e. The molecule has 5 heteroatoms. The lowest BCUT2D eigenvalue weighted by atomic mass is 10.0. The Hall–Kier alpha value is -2.95. The van der Waals surface area contributed by atoms with Gasteiger partial charge in [0.25, 0.3) is 0 Å². The summed E-state index contributed by atoms with van der Waals surface area (Å²) < 4.78 is 0. The summed E-state index contributed by atoms with van der Waals surface area (Å²) in [6, 6.07) is 17.5. The van der Waals surface area contributed by atoms with Crippen LogP contribution in [0, 0.1) is 0 Å². The summed E-state index contributed by atoms with van der Waals surface area (Å²) in [6.07, 6.45) is 1.31. The molecule has 0 unspecified atom stereocenters. The molecule has 0 aliphatic carbocycles. The number of carbonyl (C=O) groups excluding carboxylic acids is 2. The summed E-state index contributed by atoms with van der Waals surface area (Å²) in [5.41, 5.74) is 5.49. The summed E-state index contributed by atoms with van der Waals surface area (Å²) >= 11 is 0. The van der Waals surface area contributed by atoms with E-state index in [0.29, 0.717) is 12.5 Å². The number of amides is 2. The summed E-state index contributed by atoms with van der Waals surface area (Å²) in [6.45, 7) is 4.66. The lowest BCUT2D eigenvalue weighted by Gasteiger charge is -2.05. The highest BCUT2D eigenvalue weighted by Crippen LogP contribution is 2.13. The average Bonchev–Trinajstić information content (AvgIpc) is 2.61. The molecule has 0 aliphatic heterocycles. The number of rotatable bonds is 7. The van der Waals surface area contributed by atoms with Gasteiger partial charge >= 0.3 is 0 Å². The SMILES string of the molecule is CC(C)c1ccc(/C=N\NC(=O)CC(=O)NCc2ccccc2)cc1. The maximum atomic E-state index is 11.7. The molecular formula is C20H23N3O2. The van der Waals surface area contributed by atoms with Crippen LogP contribution in [0.1, 0.15) is 42.9 Å². The van der Waals surface area contributed by atoms with E-state index in [-0.39, 0.29) is 12.3 Å². The minimum absolute atomic E-state index is 0.254. The quantitative estimate of drug-likeness (QED) is 0.463. The molecule has 5 nitrogen and oxygen atoms in total. The first kappa shape index (κ1) is 18.4. The second-order valence-electron chi connectivity index (χ2n) is 6.05. The Bertz CT molecular complexity index is 722. The maximum absolute atomic E-state index is 11.7. The molecule has 2 aromatic rings. The van der Waals surface area contributed by atoms with Gasteiger partial charge in [-0.15, -0.1) is 0 Å². The summed E-state index contributed by atoms with van der Waals surface area (Å²) in [4.78, 5) is 23.5. The van der Waals surface area contributed by atoms with Crippen LogP contribution in [0.4, 0.5) is 0 Å². The van der Waals surface area contributed by atoms with Crippen LogP contribution in [0.2, 0.25) is 0 Å². The van der Waals surface area contributed by atoms with E-state index in [0.717, 1.165) is 11.1 Å². The monoisotopic (exact) mass is 337 g/mol. The molecule has 0 saturated heterocycles. The van der Waals surface area contributed by atoms with Crippen molar-refractivity contribution in [2.75, 3.05) is 0 Å². The van der Waals surface area contributed by atoms with Crippen molar-refractivity contribution in [3.05, 3.63) is 71.3 Å². The van der Waals surface area contributed by atoms with E-state index < -0.39 is 5.91 Å². The predicted molar refractivity (Wildman–Crippen MR) is 99.2 cm³/mol. The molecule has 0 saturated carbocycles. The number of nitrogens with one attached hydrogen (secondary N) is 2. The van der Waals surface area contributed by atoms with E-state index >= 15 is 0 Å². The summed E-state index contributed by atoms with van der Waals surface area (Å²) in [7, 11) is 0. The van der Waals surface area contributed by atoms with Crippen molar-refractivity contribution in [2.24, 2.45) is 5.10 Å². The minimum Gasteiger partial charge on any atom is -0.352 e. The Balaban J connectivity index is 1.73. The fraction of sp³-hybridized carbons (Fsp3) is 0.250. The van der Waals surface area contributed by atoms with Gasteiger partial charge in [0.15, 0.2) is 0 Å². The second kappa shape index (κ2) is 9.37. The van der Waals surface area contributed by atoms with E-state index in [9.17, 15) is 9.59 Å². The highest BCUT2D eigenvalue weighted by molar-refractivity contribution is 5.97. The van der Waals surface area contributed by atoms with Crippen molar-refractivity contribution in [1.82, 2.24) is 10.7 Å². The van der Waals surface area contributed by atoms with Crippen LogP contribution < -0.4 is 10.7 Å². The van der Waals surface area contributed by atoms with Crippen molar-refractivity contribution >= 4 is 18.0 Å². The molecule has 0 aliphatic rings. The fourth-order valence-electron chi connectivity index (χ4n) is 2.19. The highest BCUT2D eigenvalue weighted by Gasteiger charge is 2.08. The van der Waals surface area contributed by atoms with Crippen molar-refractivity contribution in [3.63, 3.8) is 0 Å². The molecule has 0 atom stereocenters. The molecule has 0 radical (unpaired) electrons. The van der Waals surface area contributed by atoms with Crippen LogP contribution in [0.3, 0.4) is 0 Å². The average molecular weight is 337 g/mol. The molecule has 2 rings (SSSR count). The molecule has 2 amide bonds. The first-order chi connectivity index (χ1) is 12.0. The number of hydrogen-bond acceptors (Lipinski definition) is 3. The summed E-state index contributed by atoms with van der Waals surface area (Å²) in [5, 5.41) is 6.59. The Morgan fingerprint density at radius 2 is 1.68 bits per heavy atom. The zero-order valence-corrected chi connectivity index (χ0v) is 14.5. The third-order valence-corrected chi connectivity index (χ3v) is 3.66. The van der Waals surface area contributed by atoms with Crippen LogP contribution in [0.15, 0.2) is 59.7 Å². The van der Waals surface area contributed by atoms with Gasteiger partial charge in [-0.2, -0.15) is 5.10 Å². The summed E-state index contributed by atoms with van der Waals surface area (Å²) in [5.74, 6) is -0.307. The molecular weight excluding hydrogens is 314 g/mol. The van der Waals surface area contributed by atoms with E-state index in [1.165, 1.54) is 5.56 Å². The topological polar surface area (TPSA) is 70.6 Å². The number of benzene rings is 2. The van der Waals surface area contributed by atoms with E-state index in [1.54, 1.807) is 6.21 Å². The normalized spacial score (nSPS) is 10.8. The molecule has 0 bridgehead atoms. The van der Waals surface area contributed by atoms with Crippen molar-refractivity contribution in [1.29, 1.82) is 0 Å². The number of carbonyl (C=O) groups is 2. The van der Waals surface area contributed by atoms with Crippen LogP contribution in [0.25, 0.3) is 0 Å². The zero-order valence-electron chi connectivity index (χ0n) is 14.5. The number of hydrazone groups is 1. The third-order valence-electron chi connectivity index (χ3n) is 3.66. The molecule has 25 heavy (non-hydrogen) atoms. The Labute approximate surface area is 148 Å². The zero-order chi connectivity index (χ0) is 18.1. The molecule has 0 fully saturated rings. The van der Waals surface area contributed by atoms with Crippen molar-refractivity contribution in [2.45, 2.75) is 32.7 Å². The van der Waals surface area contributed by atoms with Crippen LogP contribution in [-0.2, 0) is 16.1 Å². The Morgan fingerprint density at radius 3 is 2.32 bits per heavy atom. The second-order valence-corrected chi connectivity index (χ2v) is 6.05. The largest absolute Gasteiger partial charge is 0.352 e. The molecule has 0 spiro atoms. The third kappa shape index (κ3) is 6.59. The van der Waals surface area contributed by atoms with Crippen LogP contribution in [0.5, 0.6) is 0 Å². The fourth-order valence-corrected chi connectivity index (χ4v) is 2.19. The first-order valence-electron chi connectivity index (χ1n) is 8.27. The van der Waals surface area contributed by atoms with Gasteiger partial charge in [-0.25, -0.2) is 5.43 Å². The van der Waals surface area contributed by atoms with E-state index in [2.05, 4.69) is 29.7 Å². The van der Waals surface area contributed by atoms with Crippen molar-refractivity contribution in [3.8, 4) is 0 Å². The molecule has 130 valence electrons. The van der Waals surface area contributed by atoms with Gasteiger partial charge in [-0.1, -0.05) is 68.4 Å². The molecule has 0 heterocycles. The van der Waals surface area contributed by atoms with Gasteiger partial charge in [0, 0.05) is 6.54 Å². The standard InChI is InChI=1S/C20H23N3O2/c1-15(2)18-10-8-17(9-11-18)14-22-23-20(25)12-19(24)21-13-16-6-4-3-5-7-16/h3-11,14-15H,12-13H2,1-2H3,(H,21,24)(H,23,25)/b22-14-. The van der Waals surface area contributed by atoms with E-state index in [1.807, 2.05) is 54.6 Å².